The summed E-state index contributed by atoms with van der Waals surface area (Å²) in [6, 6.07) is 6.34. The van der Waals surface area contributed by atoms with Crippen LogP contribution in [0.2, 0.25) is 0 Å². The minimum absolute atomic E-state index is 0. The maximum atomic E-state index is 13.2. The molecule has 1 heterocycles. The van der Waals surface area contributed by atoms with E-state index in [0.717, 1.165) is 31.2 Å². The molecular weight excluding hydrogens is 428 g/mol. The van der Waals surface area contributed by atoms with Gasteiger partial charge >= 0.3 is 0 Å². The van der Waals surface area contributed by atoms with Crippen molar-refractivity contribution < 1.29 is 14.4 Å². The van der Waals surface area contributed by atoms with E-state index in [2.05, 4.69) is 34.0 Å². The van der Waals surface area contributed by atoms with Crippen molar-refractivity contribution in [3.8, 4) is 12.3 Å². The predicted octanol–water partition coefficient (Wildman–Crippen LogP) is 1.71. The van der Waals surface area contributed by atoms with Crippen LogP contribution in [0.5, 0.6) is 0 Å². The molecule has 0 saturated carbocycles. The summed E-state index contributed by atoms with van der Waals surface area (Å²) >= 11 is 0. The van der Waals surface area contributed by atoms with Gasteiger partial charge in [0.2, 0.25) is 17.7 Å². The fraction of sp³-hybridized carbons (Fsp3) is 0.542. The third-order valence-corrected chi connectivity index (χ3v) is 6.29. The lowest BCUT2D eigenvalue weighted by atomic mass is 9.87. The number of carbonyl (C=O) groups excluding carboxylic acids is 3. The highest BCUT2D eigenvalue weighted by Gasteiger charge is 2.38. The first kappa shape index (κ1) is 25.7. The van der Waals surface area contributed by atoms with Crippen molar-refractivity contribution >= 4 is 30.1 Å². The van der Waals surface area contributed by atoms with Gasteiger partial charge in [0, 0.05) is 13.0 Å². The summed E-state index contributed by atoms with van der Waals surface area (Å²) in [7, 11) is 1.67. The Bertz CT molecular complexity index is 869. The van der Waals surface area contributed by atoms with Gasteiger partial charge in [0.25, 0.3) is 0 Å². The first-order chi connectivity index (χ1) is 15.0. The Hall–Kier alpha value is -2.56. The molecule has 3 N–H and O–H groups in total. The minimum atomic E-state index is -0.836. The zero-order chi connectivity index (χ0) is 22.4. The van der Waals surface area contributed by atoms with Crippen LogP contribution in [0.3, 0.4) is 0 Å². The molecule has 174 valence electrons. The van der Waals surface area contributed by atoms with E-state index in [0.29, 0.717) is 13.0 Å². The zero-order valence-corrected chi connectivity index (χ0v) is 19.5. The molecule has 1 saturated heterocycles. The van der Waals surface area contributed by atoms with Gasteiger partial charge in [-0.15, -0.1) is 24.8 Å². The van der Waals surface area contributed by atoms with Crippen LogP contribution in [0.25, 0.3) is 0 Å². The number of aryl methyl sites for hydroxylation is 1. The number of nitrogens with zero attached hydrogens (tertiary/aromatic N) is 1. The number of likely N-dealkylation sites (tertiary alicyclic amines) is 1. The number of hydrogen-bond donors (Lipinski definition) is 3. The van der Waals surface area contributed by atoms with Crippen LogP contribution in [0.15, 0.2) is 24.3 Å². The minimum Gasteiger partial charge on any atom is -0.347 e. The number of rotatable bonds is 7. The normalized spacial score (nSPS) is 21.3. The van der Waals surface area contributed by atoms with Crippen LogP contribution in [0.1, 0.15) is 56.2 Å². The molecule has 3 amide bonds. The molecule has 0 spiro atoms. The molecule has 0 bridgehead atoms. The van der Waals surface area contributed by atoms with Crippen LogP contribution in [-0.2, 0) is 20.8 Å². The number of halogens is 1. The van der Waals surface area contributed by atoms with E-state index in [9.17, 15) is 14.4 Å². The summed E-state index contributed by atoms with van der Waals surface area (Å²) in [6.45, 7) is 2.19. The second kappa shape index (κ2) is 11.9. The van der Waals surface area contributed by atoms with Crippen LogP contribution < -0.4 is 16.0 Å². The van der Waals surface area contributed by atoms with Crippen molar-refractivity contribution in [1.29, 1.82) is 0 Å². The van der Waals surface area contributed by atoms with Gasteiger partial charge in [0.05, 0.1) is 12.1 Å². The summed E-state index contributed by atoms with van der Waals surface area (Å²) in [5.41, 5.74) is 2.44. The van der Waals surface area contributed by atoms with Crippen LogP contribution in [0, 0.1) is 12.3 Å². The molecule has 1 aromatic carbocycles. The van der Waals surface area contributed by atoms with Crippen molar-refractivity contribution in [3.63, 3.8) is 0 Å². The topological polar surface area (TPSA) is 90.5 Å². The molecule has 1 aromatic rings. The largest absolute Gasteiger partial charge is 0.347 e. The molecule has 0 aromatic heterocycles. The van der Waals surface area contributed by atoms with Crippen molar-refractivity contribution in [2.75, 3.05) is 13.6 Å². The average molecular weight is 461 g/mol. The lowest BCUT2D eigenvalue weighted by molar-refractivity contribution is -0.141. The number of terminal acetylenes is 1. The monoisotopic (exact) mass is 460 g/mol. The molecule has 2 aliphatic rings. The van der Waals surface area contributed by atoms with Gasteiger partial charge in [-0.2, -0.15) is 0 Å². The molecule has 7 nitrogen and oxygen atoms in total. The lowest BCUT2D eigenvalue weighted by Gasteiger charge is -2.31. The van der Waals surface area contributed by atoms with E-state index in [1.54, 1.807) is 18.9 Å². The summed E-state index contributed by atoms with van der Waals surface area (Å²) in [4.78, 5) is 40.2. The molecule has 3 rings (SSSR count). The zero-order valence-electron chi connectivity index (χ0n) is 18.7. The van der Waals surface area contributed by atoms with Gasteiger partial charge in [0.1, 0.15) is 12.1 Å². The number of fused-ring (bicyclic) bond motifs is 1. The van der Waals surface area contributed by atoms with Gasteiger partial charge in [-0.3, -0.25) is 14.4 Å². The highest BCUT2D eigenvalue weighted by molar-refractivity contribution is 5.93. The molecule has 4 atom stereocenters. The Balaban J connectivity index is 0.00000363. The van der Waals surface area contributed by atoms with Gasteiger partial charge in [0.15, 0.2) is 0 Å². The number of amides is 3. The molecule has 32 heavy (non-hydrogen) atoms. The molecule has 0 unspecified atom stereocenters. The van der Waals surface area contributed by atoms with Crippen molar-refractivity contribution in [1.82, 2.24) is 20.9 Å². The number of hydrogen-bond acceptors (Lipinski definition) is 4. The first-order valence-electron chi connectivity index (χ1n) is 11.1. The highest BCUT2D eigenvalue weighted by atomic mass is 35.5. The number of likely N-dealkylation sites (N-methyl/N-ethyl adjacent to an activating group) is 1. The number of carbonyl (C=O) groups is 3. The van der Waals surface area contributed by atoms with E-state index in [1.807, 2.05) is 12.1 Å². The fourth-order valence-electron chi connectivity index (χ4n) is 4.42. The summed E-state index contributed by atoms with van der Waals surface area (Å²) in [6.07, 6.45) is 9.82. The lowest BCUT2D eigenvalue weighted by Crippen LogP contribution is -2.55. The Labute approximate surface area is 196 Å². The molecule has 1 fully saturated rings. The first-order valence-corrected chi connectivity index (χ1v) is 11.1. The standard InChI is InChI=1S/C24H32N4O3.ClH/c1-4-9-20(27-22(29)16(2)25-3)24(31)28-15-8-14-21(28)23(30)26-19-13-7-11-17-10-5-6-12-18(17)19;/h1,5-6,10,12,16,19-21,25H,7-9,11,13-15H2,2-3H3,(H,26,30)(H,27,29);1H/t16-,19+,20-,21-;/m0./s1. The number of nitrogens with one attached hydrogen (secondary N) is 3. The summed E-state index contributed by atoms with van der Waals surface area (Å²) < 4.78 is 0. The summed E-state index contributed by atoms with van der Waals surface area (Å²) in [5.74, 6) is 1.74. The van der Waals surface area contributed by atoms with Gasteiger partial charge < -0.3 is 20.9 Å². The predicted molar refractivity (Wildman–Crippen MR) is 126 cm³/mol. The highest BCUT2D eigenvalue weighted by Crippen LogP contribution is 2.30. The Morgan fingerprint density at radius 1 is 1.22 bits per heavy atom. The third-order valence-electron chi connectivity index (χ3n) is 6.29. The van der Waals surface area contributed by atoms with Crippen molar-refractivity contribution in [3.05, 3.63) is 35.4 Å². The molecule has 1 aliphatic heterocycles. The van der Waals surface area contributed by atoms with E-state index in [-0.39, 0.29) is 42.6 Å². The summed E-state index contributed by atoms with van der Waals surface area (Å²) in [5, 5.41) is 8.75. The van der Waals surface area contributed by atoms with Crippen LogP contribution in [-0.4, -0.2) is 54.3 Å². The third kappa shape index (κ3) is 5.81. The number of benzene rings is 1. The van der Waals surface area contributed by atoms with Crippen LogP contribution in [0.4, 0.5) is 0 Å². The van der Waals surface area contributed by atoms with Crippen molar-refractivity contribution in [2.24, 2.45) is 0 Å². The second-order valence-electron chi connectivity index (χ2n) is 8.32. The van der Waals surface area contributed by atoms with E-state index in [4.69, 9.17) is 6.42 Å². The quantitative estimate of drug-likeness (QED) is 0.540. The van der Waals surface area contributed by atoms with Gasteiger partial charge in [-0.05, 0) is 57.2 Å². The Kier molecular flexibility index (Phi) is 9.55. The Morgan fingerprint density at radius 3 is 2.69 bits per heavy atom. The van der Waals surface area contributed by atoms with Gasteiger partial charge in [-0.25, -0.2) is 0 Å². The van der Waals surface area contributed by atoms with Crippen molar-refractivity contribution in [2.45, 2.75) is 69.6 Å². The Morgan fingerprint density at radius 2 is 1.97 bits per heavy atom. The smallest absolute Gasteiger partial charge is 0.246 e. The van der Waals surface area contributed by atoms with Gasteiger partial charge in [-0.1, -0.05) is 24.3 Å². The molecule has 8 heteroatoms. The van der Waals surface area contributed by atoms with E-state index >= 15 is 0 Å². The molecule has 1 aliphatic carbocycles. The molecule has 0 radical (unpaired) electrons. The fourth-order valence-corrected chi connectivity index (χ4v) is 4.42. The maximum absolute atomic E-state index is 13.2. The average Bonchev–Trinajstić information content (AvgIpc) is 3.28. The van der Waals surface area contributed by atoms with E-state index < -0.39 is 18.1 Å². The maximum Gasteiger partial charge on any atom is 0.246 e. The van der Waals surface area contributed by atoms with Crippen LogP contribution >= 0.6 is 12.4 Å². The second-order valence-corrected chi connectivity index (χ2v) is 8.32. The molecular formula is C24H33ClN4O3. The van der Waals surface area contributed by atoms with E-state index in [1.165, 1.54) is 5.56 Å². The SMILES string of the molecule is C#CC[C@H](NC(=O)[C@H](C)NC)C(=O)N1CCC[C@H]1C(=O)N[C@@H]1CCCc2ccccc21.Cl.